The second-order valence-electron chi connectivity index (χ2n) is 1.62. The van der Waals surface area contributed by atoms with E-state index < -0.39 is 20.3 Å². The van der Waals surface area contributed by atoms with Crippen LogP contribution in [0, 0.1) is 0 Å². The zero-order valence-electron chi connectivity index (χ0n) is 7.90. The van der Waals surface area contributed by atoms with E-state index in [4.69, 9.17) is 0 Å². The van der Waals surface area contributed by atoms with Crippen LogP contribution in [0.1, 0.15) is 6.92 Å². The molecule has 0 spiro atoms. The van der Waals surface area contributed by atoms with Crippen molar-refractivity contribution in [2.75, 3.05) is 13.2 Å². The van der Waals surface area contributed by atoms with Crippen LogP contribution in [0.2, 0.25) is 0 Å². The van der Waals surface area contributed by atoms with Gasteiger partial charge in [0.1, 0.15) is 0 Å². The van der Waals surface area contributed by atoms with Gasteiger partial charge in [0, 0.05) is 6.54 Å². The molecule has 0 saturated carbocycles. The number of carboxylic acids is 1. The number of aliphatic carboxylic acids is 1. The van der Waals surface area contributed by atoms with Gasteiger partial charge in [0.2, 0.25) is 7.75 Å². The molecule has 0 fully saturated rings. The molecule has 0 saturated heterocycles. The predicted molar refractivity (Wildman–Crippen MR) is 32.2 cm³/mol. The van der Waals surface area contributed by atoms with E-state index in [1.54, 1.807) is 5.09 Å². The molecule has 0 aliphatic carbocycles. The molecule has 13 heavy (non-hydrogen) atoms. The van der Waals surface area contributed by atoms with Gasteiger partial charge < -0.3 is 19.3 Å². The van der Waals surface area contributed by atoms with Crippen LogP contribution in [-0.2, 0) is 13.9 Å². The summed E-state index contributed by atoms with van der Waals surface area (Å²) in [5.41, 5.74) is 0. The summed E-state index contributed by atoms with van der Waals surface area (Å²) in [5, 5.41) is 11.4. The van der Waals surface area contributed by atoms with E-state index in [1.165, 1.54) is 6.92 Å². The summed E-state index contributed by atoms with van der Waals surface area (Å²) in [5.74, 6) is -1.50. The van der Waals surface area contributed by atoms with E-state index in [1.807, 2.05) is 0 Å². The Morgan fingerprint density at radius 1 is 1.54 bits per heavy atom. The molecular formula is C4H8NNa2O5P. The Hall–Kier alpha value is 1.58. The molecule has 0 aromatic heterocycles. The number of carbonyl (C=O) groups is 1. The molecule has 0 amide bonds. The first-order valence-electron chi connectivity index (χ1n) is 2.88. The molecule has 66 valence electrons. The molecule has 0 rings (SSSR count). The van der Waals surface area contributed by atoms with Crippen molar-refractivity contribution in [3.05, 3.63) is 0 Å². The summed E-state index contributed by atoms with van der Waals surface area (Å²) in [6, 6.07) is 0. The SMILES string of the molecule is CCOP(=O)([O-])NCC(=O)[O-].[Na+].[Na+]. The van der Waals surface area contributed by atoms with E-state index >= 15 is 0 Å². The minimum Gasteiger partial charge on any atom is -0.766 e. The van der Waals surface area contributed by atoms with Gasteiger partial charge in [-0.2, -0.15) is 0 Å². The van der Waals surface area contributed by atoms with Crippen LogP contribution in [0.25, 0.3) is 0 Å². The van der Waals surface area contributed by atoms with Gasteiger partial charge in [-0.15, -0.1) is 0 Å². The summed E-state index contributed by atoms with van der Waals surface area (Å²) < 4.78 is 14.7. The van der Waals surface area contributed by atoms with Crippen LogP contribution >= 0.6 is 7.75 Å². The molecule has 0 heterocycles. The van der Waals surface area contributed by atoms with Gasteiger partial charge in [-0.3, -0.25) is 9.65 Å². The molecule has 1 atom stereocenters. The number of carboxylic acid groups (broad SMARTS) is 1. The Bertz CT molecular complexity index is 189. The number of hydrogen-bond acceptors (Lipinski definition) is 5. The number of nitrogens with one attached hydrogen (secondary N) is 1. The van der Waals surface area contributed by atoms with E-state index in [2.05, 4.69) is 4.52 Å². The Morgan fingerprint density at radius 3 is 2.31 bits per heavy atom. The van der Waals surface area contributed by atoms with Crippen molar-refractivity contribution in [1.29, 1.82) is 0 Å². The van der Waals surface area contributed by atoms with Crippen molar-refractivity contribution < 1.29 is 83.0 Å². The summed E-state index contributed by atoms with van der Waals surface area (Å²) in [4.78, 5) is 20.3. The maximum Gasteiger partial charge on any atom is 1.00 e. The van der Waals surface area contributed by atoms with Crippen molar-refractivity contribution >= 4 is 13.7 Å². The van der Waals surface area contributed by atoms with Crippen LogP contribution < -0.4 is 74.2 Å². The van der Waals surface area contributed by atoms with Gasteiger partial charge in [0.15, 0.2) is 0 Å². The second-order valence-corrected chi connectivity index (χ2v) is 3.19. The quantitative estimate of drug-likeness (QED) is 0.369. The molecule has 9 heteroatoms. The minimum atomic E-state index is -4.17. The van der Waals surface area contributed by atoms with Crippen LogP contribution in [0.3, 0.4) is 0 Å². The minimum absolute atomic E-state index is 0. The topological polar surface area (TPSA) is 102 Å². The molecule has 1 unspecified atom stereocenters. The first-order chi connectivity index (χ1) is 4.98. The Labute approximate surface area is 121 Å². The molecule has 1 N–H and O–H groups in total. The van der Waals surface area contributed by atoms with Crippen molar-refractivity contribution in [1.82, 2.24) is 5.09 Å². The normalized spacial score (nSPS) is 13.4. The molecule has 0 aliphatic rings. The van der Waals surface area contributed by atoms with Crippen LogP contribution in [0.15, 0.2) is 0 Å². The fourth-order valence-corrected chi connectivity index (χ4v) is 1.13. The largest absolute Gasteiger partial charge is 1.00 e. The molecule has 0 aromatic rings. The fourth-order valence-electron chi connectivity index (χ4n) is 0.377. The van der Waals surface area contributed by atoms with Crippen molar-refractivity contribution in [2.45, 2.75) is 6.92 Å². The second kappa shape index (κ2) is 10.1. The van der Waals surface area contributed by atoms with Gasteiger partial charge in [-0.1, -0.05) is 0 Å². The van der Waals surface area contributed by atoms with Crippen molar-refractivity contribution in [3.8, 4) is 0 Å². The Kier molecular flexibility index (Phi) is 15.6. The maximum absolute atomic E-state index is 10.5. The molecule has 0 aromatic carbocycles. The van der Waals surface area contributed by atoms with Gasteiger partial charge in [0.05, 0.1) is 12.6 Å². The van der Waals surface area contributed by atoms with E-state index in [0.717, 1.165) is 0 Å². The van der Waals surface area contributed by atoms with Crippen molar-refractivity contribution in [3.63, 3.8) is 0 Å². The average Bonchev–Trinajstić information content (AvgIpc) is 1.84. The zero-order chi connectivity index (χ0) is 8.91. The maximum atomic E-state index is 10.5. The monoisotopic (exact) mass is 227 g/mol. The third-order valence-corrected chi connectivity index (χ3v) is 1.86. The number of carbonyl (C=O) groups excluding carboxylic acids is 1. The van der Waals surface area contributed by atoms with Gasteiger partial charge >= 0.3 is 59.1 Å². The summed E-state index contributed by atoms with van der Waals surface area (Å²) in [6.07, 6.45) is 0. The zero-order valence-corrected chi connectivity index (χ0v) is 12.8. The predicted octanol–water partition coefficient (Wildman–Crippen LogP) is -8.16. The van der Waals surface area contributed by atoms with Gasteiger partial charge in [-0.25, -0.2) is 0 Å². The van der Waals surface area contributed by atoms with Crippen LogP contribution in [-0.4, -0.2) is 19.1 Å². The van der Waals surface area contributed by atoms with Gasteiger partial charge in [-0.05, 0) is 6.92 Å². The smallest absolute Gasteiger partial charge is 0.766 e. The van der Waals surface area contributed by atoms with Gasteiger partial charge in [0.25, 0.3) is 0 Å². The fraction of sp³-hybridized carbons (Fsp3) is 0.750. The summed E-state index contributed by atoms with van der Waals surface area (Å²) in [7, 11) is -4.17. The first kappa shape index (κ1) is 20.1. The summed E-state index contributed by atoms with van der Waals surface area (Å²) in [6.45, 7) is 0.687. The summed E-state index contributed by atoms with van der Waals surface area (Å²) >= 11 is 0. The van der Waals surface area contributed by atoms with E-state index in [-0.39, 0.29) is 65.7 Å². The van der Waals surface area contributed by atoms with E-state index in [9.17, 15) is 19.4 Å². The van der Waals surface area contributed by atoms with Crippen LogP contribution in [0.5, 0.6) is 0 Å². The Balaban J connectivity index is -0.000000500. The number of hydrogen-bond donors (Lipinski definition) is 1. The molecule has 6 nitrogen and oxygen atoms in total. The third kappa shape index (κ3) is 13.6. The van der Waals surface area contributed by atoms with E-state index in [0.29, 0.717) is 0 Å². The van der Waals surface area contributed by atoms with Crippen LogP contribution in [0.4, 0.5) is 0 Å². The first-order valence-corrected chi connectivity index (χ1v) is 4.43. The molecule has 0 aliphatic heterocycles. The third-order valence-electron chi connectivity index (χ3n) is 0.716. The number of rotatable bonds is 5. The molecule has 0 bridgehead atoms. The average molecular weight is 227 g/mol. The van der Waals surface area contributed by atoms with Crippen molar-refractivity contribution in [2.24, 2.45) is 0 Å². The molecule has 0 radical (unpaired) electrons. The standard InChI is InChI=1S/C4H10NO5P.2Na/c1-2-10-11(8,9)5-3-4(6)7;;/h2-3H2,1H3,(H,6,7)(H2,5,8,9);;/q;2*+1/p-2. The Morgan fingerprint density at radius 2 is 2.00 bits per heavy atom. The molecular weight excluding hydrogens is 219 g/mol.